The van der Waals surface area contributed by atoms with Gasteiger partial charge in [0.25, 0.3) is 0 Å². The van der Waals surface area contributed by atoms with Crippen molar-refractivity contribution in [3.05, 3.63) is 35.9 Å². The SMILES string of the molecule is CC(C)(C)OC(=O)CCC(NC(=O)CN(CCCCc1ccccc1)[SH](=O)=O)C(=O)OC(C)(C)C. The van der Waals surface area contributed by atoms with Crippen molar-refractivity contribution in [3.63, 3.8) is 0 Å². The van der Waals surface area contributed by atoms with Crippen LogP contribution in [0.4, 0.5) is 0 Å². The molecule has 1 N–H and O–H groups in total. The maximum atomic E-state index is 12.6. The molecular weight excluding hydrogens is 472 g/mol. The molecule has 9 nitrogen and oxygen atoms in total. The van der Waals surface area contributed by atoms with Crippen LogP contribution in [0.1, 0.15) is 72.8 Å². The normalized spacial score (nSPS) is 12.9. The van der Waals surface area contributed by atoms with Gasteiger partial charge >= 0.3 is 11.9 Å². The number of carbonyl (C=O) groups is 3. The van der Waals surface area contributed by atoms with Crippen LogP contribution in [-0.4, -0.2) is 60.9 Å². The van der Waals surface area contributed by atoms with E-state index in [9.17, 15) is 22.8 Å². The van der Waals surface area contributed by atoms with Crippen molar-refractivity contribution in [2.75, 3.05) is 13.1 Å². The number of carbonyl (C=O) groups excluding carboxylic acids is 3. The summed E-state index contributed by atoms with van der Waals surface area (Å²) in [5.41, 5.74) is -0.314. The van der Waals surface area contributed by atoms with Gasteiger partial charge in [0, 0.05) is 13.0 Å². The number of ether oxygens (including phenoxy) is 2. The summed E-state index contributed by atoms with van der Waals surface area (Å²) < 4.78 is 35.1. The largest absolute Gasteiger partial charge is 0.460 e. The van der Waals surface area contributed by atoms with Gasteiger partial charge in [-0.15, -0.1) is 0 Å². The van der Waals surface area contributed by atoms with E-state index in [-0.39, 0.29) is 19.4 Å². The monoisotopic (exact) mass is 512 g/mol. The third-order valence-corrected chi connectivity index (χ3v) is 5.42. The van der Waals surface area contributed by atoms with E-state index in [1.807, 2.05) is 30.3 Å². The second kappa shape index (κ2) is 14.2. The van der Waals surface area contributed by atoms with Gasteiger partial charge in [-0.25, -0.2) is 13.2 Å². The van der Waals surface area contributed by atoms with Crippen LogP contribution < -0.4 is 5.32 Å². The predicted octanol–water partition coefficient (Wildman–Crippen LogP) is 2.79. The fraction of sp³-hybridized carbons (Fsp3) is 0.640. The smallest absolute Gasteiger partial charge is 0.329 e. The van der Waals surface area contributed by atoms with Gasteiger partial charge in [0.2, 0.25) is 16.8 Å². The standard InChI is InChI=1S/C25H40N2O7S/c1-24(2,3)33-22(29)16-15-20(23(30)34-25(4,5)6)26-21(28)18-27(35(31)32)17-11-10-14-19-12-8-7-9-13-19/h7-9,12-13,20,35H,10-11,14-18H2,1-6H3,(H,26,28). The lowest BCUT2D eigenvalue weighted by atomic mass is 10.1. The number of unbranched alkanes of at least 4 members (excludes halogenated alkanes) is 1. The summed E-state index contributed by atoms with van der Waals surface area (Å²) in [4.78, 5) is 37.4. The van der Waals surface area contributed by atoms with Gasteiger partial charge in [-0.2, -0.15) is 4.31 Å². The Morgan fingerprint density at radius 3 is 2.09 bits per heavy atom. The Hall–Kier alpha value is -2.46. The first-order valence-corrected chi connectivity index (χ1v) is 13.0. The lowest BCUT2D eigenvalue weighted by Gasteiger charge is -2.25. The number of nitrogens with zero attached hydrogens (tertiary/aromatic N) is 1. The number of amides is 1. The van der Waals surface area contributed by atoms with E-state index in [1.165, 1.54) is 0 Å². The summed E-state index contributed by atoms with van der Waals surface area (Å²) in [6.07, 6.45) is 2.01. The summed E-state index contributed by atoms with van der Waals surface area (Å²) in [5, 5.41) is 2.53. The Labute approximate surface area is 210 Å². The van der Waals surface area contributed by atoms with Crippen molar-refractivity contribution >= 4 is 28.7 Å². The van der Waals surface area contributed by atoms with Gasteiger partial charge in [0.05, 0.1) is 6.54 Å². The van der Waals surface area contributed by atoms with E-state index in [0.29, 0.717) is 6.42 Å². The summed E-state index contributed by atoms with van der Waals surface area (Å²) in [7, 11) is -2.98. The fourth-order valence-electron chi connectivity index (χ4n) is 3.17. The average Bonchev–Trinajstić information content (AvgIpc) is 2.71. The van der Waals surface area contributed by atoms with Crippen molar-refractivity contribution in [1.29, 1.82) is 0 Å². The number of aryl methyl sites for hydroxylation is 1. The molecule has 0 fully saturated rings. The van der Waals surface area contributed by atoms with E-state index >= 15 is 0 Å². The van der Waals surface area contributed by atoms with Crippen LogP contribution in [0.5, 0.6) is 0 Å². The average molecular weight is 513 g/mol. The van der Waals surface area contributed by atoms with Crippen molar-refractivity contribution < 1.29 is 32.3 Å². The molecule has 0 spiro atoms. The lowest BCUT2D eigenvalue weighted by molar-refractivity contribution is -0.160. The quantitative estimate of drug-likeness (QED) is 0.237. The van der Waals surface area contributed by atoms with Crippen LogP contribution in [0.2, 0.25) is 0 Å². The minimum Gasteiger partial charge on any atom is -0.460 e. The van der Waals surface area contributed by atoms with Crippen molar-refractivity contribution in [3.8, 4) is 0 Å². The molecule has 35 heavy (non-hydrogen) atoms. The van der Waals surface area contributed by atoms with Crippen LogP contribution in [0.3, 0.4) is 0 Å². The number of hydrogen-bond acceptors (Lipinski definition) is 7. The molecule has 0 saturated heterocycles. The Kier molecular flexibility index (Phi) is 12.4. The van der Waals surface area contributed by atoms with E-state index < -0.39 is 52.5 Å². The zero-order valence-electron chi connectivity index (χ0n) is 21.7. The van der Waals surface area contributed by atoms with Gasteiger partial charge < -0.3 is 14.8 Å². The van der Waals surface area contributed by atoms with Crippen LogP contribution in [0, 0.1) is 0 Å². The summed E-state index contributed by atoms with van der Waals surface area (Å²) in [5.74, 6) is -1.86. The highest BCUT2D eigenvalue weighted by Crippen LogP contribution is 2.14. The zero-order valence-corrected chi connectivity index (χ0v) is 22.6. The van der Waals surface area contributed by atoms with Gasteiger partial charge in [-0.05, 0) is 72.8 Å². The topological polar surface area (TPSA) is 119 Å². The van der Waals surface area contributed by atoms with E-state index in [2.05, 4.69) is 5.32 Å². The minimum absolute atomic E-state index is 0.0316. The molecule has 0 radical (unpaired) electrons. The Morgan fingerprint density at radius 1 is 0.943 bits per heavy atom. The number of rotatable bonds is 13. The Balaban J connectivity index is 2.70. The molecule has 0 aliphatic heterocycles. The number of esters is 2. The van der Waals surface area contributed by atoms with E-state index in [0.717, 1.165) is 22.7 Å². The molecule has 1 aromatic carbocycles. The first-order chi connectivity index (χ1) is 16.2. The van der Waals surface area contributed by atoms with Crippen molar-refractivity contribution in [2.45, 2.75) is 90.9 Å². The second-order valence-electron chi connectivity index (χ2n) is 10.3. The molecule has 0 heterocycles. The molecule has 198 valence electrons. The third kappa shape index (κ3) is 14.5. The zero-order chi connectivity index (χ0) is 26.6. The summed E-state index contributed by atoms with van der Waals surface area (Å²) >= 11 is 0. The molecule has 1 atom stereocenters. The molecule has 0 saturated carbocycles. The van der Waals surface area contributed by atoms with Crippen LogP contribution >= 0.6 is 0 Å². The van der Waals surface area contributed by atoms with Crippen molar-refractivity contribution in [2.24, 2.45) is 0 Å². The second-order valence-corrected chi connectivity index (χ2v) is 11.4. The number of benzene rings is 1. The van der Waals surface area contributed by atoms with E-state index in [1.54, 1.807) is 41.5 Å². The van der Waals surface area contributed by atoms with Crippen molar-refractivity contribution in [1.82, 2.24) is 9.62 Å². The number of nitrogens with one attached hydrogen (secondary N) is 1. The molecule has 0 aromatic heterocycles. The van der Waals surface area contributed by atoms with E-state index in [4.69, 9.17) is 9.47 Å². The van der Waals surface area contributed by atoms with Gasteiger partial charge in [0.1, 0.15) is 17.2 Å². The predicted molar refractivity (Wildman–Crippen MR) is 134 cm³/mol. The molecule has 1 unspecified atom stereocenters. The summed E-state index contributed by atoms with van der Waals surface area (Å²) in [6.45, 7) is 10.0. The number of thiol groups is 1. The van der Waals surface area contributed by atoms with Crippen LogP contribution in [0.15, 0.2) is 30.3 Å². The maximum Gasteiger partial charge on any atom is 0.329 e. The fourth-order valence-corrected chi connectivity index (χ4v) is 3.72. The Bertz CT molecular complexity index is 895. The highest BCUT2D eigenvalue weighted by molar-refractivity contribution is 7.69. The third-order valence-electron chi connectivity index (χ3n) is 4.62. The molecule has 1 amide bonds. The van der Waals surface area contributed by atoms with Crippen LogP contribution in [-0.2, 0) is 41.2 Å². The number of hydrogen-bond donors (Lipinski definition) is 2. The highest BCUT2D eigenvalue weighted by atomic mass is 32.2. The first kappa shape index (κ1) is 30.6. The van der Waals surface area contributed by atoms with Crippen LogP contribution in [0.25, 0.3) is 0 Å². The maximum absolute atomic E-state index is 12.6. The highest BCUT2D eigenvalue weighted by Gasteiger charge is 2.29. The van der Waals surface area contributed by atoms with Gasteiger partial charge in [-0.3, -0.25) is 9.59 Å². The van der Waals surface area contributed by atoms with Gasteiger partial charge in [-0.1, -0.05) is 30.3 Å². The molecular formula is C25H40N2O7S. The molecule has 0 aliphatic carbocycles. The first-order valence-electron chi connectivity index (χ1n) is 11.8. The molecule has 0 aliphatic rings. The lowest BCUT2D eigenvalue weighted by Crippen LogP contribution is -2.47. The Morgan fingerprint density at radius 2 is 1.54 bits per heavy atom. The molecule has 1 rings (SSSR count). The minimum atomic E-state index is -2.98. The molecule has 0 bridgehead atoms. The summed E-state index contributed by atoms with van der Waals surface area (Å²) in [6, 6.07) is 8.73. The van der Waals surface area contributed by atoms with Gasteiger partial charge in [0.15, 0.2) is 0 Å². The molecule has 10 heteroatoms. The molecule has 1 aromatic rings.